The van der Waals surface area contributed by atoms with Gasteiger partial charge in [0.2, 0.25) is 5.91 Å². The average molecular weight is 431 g/mol. The van der Waals surface area contributed by atoms with E-state index in [1.807, 2.05) is 30.3 Å². The minimum atomic E-state index is -0.307. The highest BCUT2D eigenvalue weighted by molar-refractivity contribution is 6.09. The molecular formula is C26H26N2O4. The van der Waals surface area contributed by atoms with Crippen molar-refractivity contribution in [2.75, 3.05) is 25.5 Å². The van der Waals surface area contributed by atoms with Gasteiger partial charge in [-0.3, -0.25) is 14.4 Å². The highest BCUT2D eigenvalue weighted by atomic mass is 16.5. The van der Waals surface area contributed by atoms with Crippen molar-refractivity contribution < 1.29 is 19.1 Å². The fourth-order valence-electron chi connectivity index (χ4n) is 4.24. The van der Waals surface area contributed by atoms with E-state index in [1.165, 1.54) is 6.92 Å². The van der Waals surface area contributed by atoms with Crippen LogP contribution < -0.4 is 10.1 Å². The first-order valence-electron chi connectivity index (χ1n) is 10.7. The van der Waals surface area contributed by atoms with Crippen molar-refractivity contribution in [3.05, 3.63) is 71.8 Å². The average Bonchev–Trinajstić information content (AvgIpc) is 2.83. The van der Waals surface area contributed by atoms with Crippen LogP contribution >= 0.6 is 0 Å². The maximum Gasteiger partial charge on any atom is 0.254 e. The Labute approximate surface area is 187 Å². The summed E-state index contributed by atoms with van der Waals surface area (Å²) in [5, 5.41) is 4.63. The minimum Gasteiger partial charge on any atom is -0.496 e. The van der Waals surface area contributed by atoms with E-state index >= 15 is 0 Å². The molecule has 0 spiro atoms. The number of benzene rings is 3. The quantitative estimate of drug-likeness (QED) is 0.603. The van der Waals surface area contributed by atoms with Crippen molar-refractivity contribution in [1.82, 2.24) is 4.90 Å². The lowest BCUT2D eigenvalue weighted by atomic mass is 9.95. The van der Waals surface area contributed by atoms with Gasteiger partial charge < -0.3 is 15.0 Å². The van der Waals surface area contributed by atoms with Crippen molar-refractivity contribution >= 4 is 34.1 Å². The maximum atomic E-state index is 13.4. The van der Waals surface area contributed by atoms with Crippen molar-refractivity contribution in [3.63, 3.8) is 0 Å². The van der Waals surface area contributed by atoms with Crippen molar-refractivity contribution in [2.45, 2.75) is 19.8 Å². The predicted octanol–water partition coefficient (Wildman–Crippen LogP) is 4.54. The molecule has 0 unspecified atom stereocenters. The molecule has 1 aliphatic heterocycles. The highest BCUT2D eigenvalue weighted by Gasteiger charge is 2.30. The Balaban J connectivity index is 1.51. The van der Waals surface area contributed by atoms with E-state index in [0.29, 0.717) is 36.3 Å². The molecule has 32 heavy (non-hydrogen) atoms. The number of methoxy groups -OCH3 is 1. The van der Waals surface area contributed by atoms with E-state index < -0.39 is 0 Å². The van der Waals surface area contributed by atoms with Crippen LogP contribution in [0.2, 0.25) is 0 Å². The molecular weight excluding hydrogens is 404 g/mol. The lowest BCUT2D eigenvalue weighted by Gasteiger charge is -2.32. The summed E-state index contributed by atoms with van der Waals surface area (Å²) in [6, 6.07) is 18.2. The molecule has 0 aromatic heterocycles. The zero-order valence-corrected chi connectivity index (χ0v) is 18.3. The number of hydrogen-bond donors (Lipinski definition) is 1. The van der Waals surface area contributed by atoms with Gasteiger partial charge in [-0.15, -0.1) is 0 Å². The number of Topliss-reactive ketones (excluding diaryl/α,β-unsaturated/α-hetero) is 1. The Morgan fingerprint density at radius 3 is 2.53 bits per heavy atom. The number of amides is 2. The number of ether oxygens (including phenoxy) is 1. The third-order valence-corrected chi connectivity index (χ3v) is 5.95. The van der Waals surface area contributed by atoms with Gasteiger partial charge in [-0.25, -0.2) is 0 Å². The van der Waals surface area contributed by atoms with Crippen LogP contribution in [0.4, 0.5) is 5.69 Å². The van der Waals surface area contributed by atoms with Crippen LogP contribution in [0.1, 0.15) is 40.5 Å². The lowest BCUT2D eigenvalue weighted by Crippen LogP contribution is -2.43. The van der Waals surface area contributed by atoms with Crippen LogP contribution in [-0.4, -0.2) is 42.7 Å². The number of anilines is 1. The Morgan fingerprint density at radius 1 is 1.00 bits per heavy atom. The largest absolute Gasteiger partial charge is 0.496 e. The van der Waals surface area contributed by atoms with Crippen LogP contribution in [0.25, 0.3) is 10.8 Å². The number of fused-ring (bicyclic) bond motifs is 1. The molecule has 1 saturated heterocycles. The Morgan fingerprint density at radius 2 is 1.78 bits per heavy atom. The first kappa shape index (κ1) is 21.6. The number of nitrogens with zero attached hydrogens (tertiary/aromatic N) is 1. The summed E-state index contributed by atoms with van der Waals surface area (Å²) in [5.74, 6) is 0.143. The normalized spacial score (nSPS) is 15.9. The predicted molar refractivity (Wildman–Crippen MR) is 124 cm³/mol. The highest BCUT2D eigenvalue weighted by Crippen LogP contribution is 2.30. The van der Waals surface area contributed by atoms with Crippen molar-refractivity contribution in [3.8, 4) is 5.75 Å². The molecule has 2 amide bonds. The molecule has 0 aliphatic carbocycles. The Hall–Kier alpha value is -3.67. The summed E-state index contributed by atoms with van der Waals surface area (Å²) in [7, 11) is 1.61. The monoisotopic (exact) mass is 430 g/mol. The third kappa shape index (κ3) is 4.35. The van der Waals surface area contributed by atoms with Crippen LogP contribution in [0.3, 0.4) is 0 Å². The van der Waals surface area contributed by atoms with Gasteiger partial charge in [0.25, 0.3) is 5.91 Å². The van der Waals surface area contributed by atoms with Gasteiger partial charge >= 0.3 is 0 Å². The molecule has 3 aromatic rings. The summed E-state index contributed by atoms with van der Waals surface area (Å²) >= 11 is 0. The molecule has 6 heteroatoms. The second-order valence-corrected chi connectivity index (χ2v) is 8.08. The lowest BCUT2D eigenvalue weighted by molar-refractivity contribution is -0.121. The molecule has 0 saturated carbocycles. The van der Waals surface area contributed by atoms with Crippen LogP contribution in [0, 0.1) is 5.92 Å². The number of ketones is 1. The van der Waals surface area contributed by atoms with Crippen LogP contribution in [-0.2, 0) is 4.79 Å². The number of piperidine rings is 1. The second-order valence-electron chi connectivity index (χ2n) is 8.08. The molecule has 1 aliphatic rings. The van der Waals surface area contributed by atoms with Gasteiger partial charge in [0.15, 0.2) is 5.78 Å². The van der Waals surface area contributed by atoms with E-state index in [1.54, 1.807) is 42.3 Å². The van der Waals surface area contributed by atoms with E-state index in [0.717, 1.165) is 22.9 Å². The summed E-state index contributed by atoms with van der Waals surface area (Å²) < 4.78 is 5.44. The fourth-order valence-corrected chi connectivity index (χ4v) is 4.24. The van der Waals surface area contributed by atoms with Crippen LogP contribution in [0.5, 0.6) is 5.75 Å². The second kappa shape index (κ2) is 9.22. The SMILES string of the molecule is COc1ccc(C(=O)N2CCC[C@@H](C(=O)Nc3cccc(C(C)=O)c3)C2)c2ccccc12. The van der Waals surface area contributed by atoms with Crippen molar-refractivity contribution in [2.24, 2.45) is 5.92 Å². The molecule has 0 radical (unpaired) electrons. The number of likely N-dealkylation sites (tertiary alicyclic amines) is 1. The molecule has 1 heterocycles. The fraction of sp³-hybridized carbons (Fsp3) is 0.269. The molecule has 164 valence electrons. The molecule has 1 fully saturated rings. The topological polar surface area (TPSA) is 75.7 Å². The van der Waals surface area contributed by atoms with Crippen LogP contribution in [0.15, 0.2) is 60.7 Å². The van der Waals surface area contributed by atoms with Crippen molar-refractivity contribution in [1.29, 1.82) is 0 Å². The zero-order valence-electron chi connectivity index (χ0n) is 18.3. The molecule has 4 rings (SSSR count). The van der Waals surface area contributed by atoms with Gasteiger partial charge in [-0.1, -0.05) is 36.4 Å². The summed E-state index contributed by atoms with van der Waals surface area (Å²) in [5.41, 5.74) is 1.75. The van der Waals surface area contributed by atoms with E-state index in [9.17, 15) is 14.4 Å². The Bertz CT molecular complexity index is 1190. The molecule has 1 atom stereocenters. The summed E-state index contributed by atoms with van der Waals surface area (Å²) in [4.78, 5) is 39.6. The van der Waals surface area contributed by atoms with Gasteiger partial charge in [0.1, 0.15) is 5.75 Å². The number of hydrogen-bond acceptors (Lipinski definition) is 4. The smallest absolute Gasteiger partial charge is 0.254 e. The van der Waals surface area contributed by atoms with Gasteiger partial charge in [0, 0.05) is 35.3 Å². The summed E-state index contributed by atoms with van der Waals surface area (Å²) in [6.45, 7) is 2.47. The van der Waals surface area contributed by atoms with Gasteiger partial charge in [-0.05, 0) is 49.4 Å². The number of rotatable bonds is 5. The molecule has 3 aromatic carbocycles. The minimum absolute atomic E-state index is 0.0535. The molecule has 6 nitrogen and oxygen atoms in total. The number of carbonyl (C=O) groups is 3. The maximum absolute atomic E-state index is 13.4. The van der Waals surface area contributed by atoms with E-state index in [4.69, 9.17) is 4.74 Å². The molecule has 1 N–H and O–H groups in total. The van der Waals surface area contributed by atoms with E-state index in [-0.39, 0.29) is 23.5 Å². The first-order valence-corrected chi connectivity index (χ1v) is 10.7. The van der Waals surface area contributed by atoms with E-state index in [2.05, 4.69) is 5.32 Å². The molecule has 0 bridgehead atoms. The third-order valence-electron chi connectivity index (χ3n) is 5.95. The number of nitrogens with one attached hydrogen (secondary N) is 1. The van der Waals surface area contributed by atoms with Gasteiger partial charge in [-0.2, -0.15) is 0 Å². The summed E-state index contributed by atoms with van der Waals surface area (Å²) in [6.07, 6.45) is 1.47. The van der Waals surface area contributed by atoms with Gasteiger partial charge in [0.05, 0.1) is 13.0 Å². The number of carbonyl (C=O) groups excluding carboxylic acids is 3. The Kier molecular flexibility index (Phi) is 6.21. The standard InChI is InChI=1S/C26H26N2O4/c1-17(29)18-7-5-9-20(15-18)27-25(30)19-8-6-14-28(16-19)26(31)23-12-13-24(32-2)22-11-4-3-10-21(22)23/h3-5,7,9-13,15,19H,6,8,14,16H2,1-2H3,(H,27,30)/t19-/m1/s1. The first-order chi connectivity index (χ1) is 15.5. The zero-order chi connectivity index (χ0) is 22.7.